The normalized spacial score (nSPS) is 10.2. The van der Waals surface area contributed by atoms with Gasteiger partial charge in [0.05, 0.1) is 6.54 Å². The SMILES string of the molecule is Cc1cc(NCC(=O)Nc2ccccc2C)ccc1Br. The van der Waals surface area contributed by atoms with Gasteiger partial charge in [-0.15, -0.1) is 0 Å². The molecule has 3 nitrogen and oxygen atoms in total. The van der Waals surface area contributed by atoms with Crippen LogP contribution in [-0.4, -0.2) is 12.5 Å². The van der Waals surface area contributed by atoms with Crippen molar-refractivity contribution >= 4 is 33.2 Å². The first-order valence-electron chi connectivity index (χ1n) is 6.42. The van der Waals surface area contributed by atoms with Crippen LogP contribution in [0.2, 0.25) is 0 Å². The number of amides is 1. The summed E-state index contributed by atoms with van der Waals surface area (Å²) in [5.74, 6) is -0.0557. The van der Waals surface area contributed by atoms with E-state index in [1.807, 2.05) is 56.3 Å². The van der Waals surface area contributed by atoms with Crippen LogP contribution in [0.3, 0.4) is 0 Å². The number of hydrogen-bond donors (Lipinski definition) is 2. The quantitative estimate of drug-likeness (QED) is 0.884. The summed E-state index contributed by atoms with van der Waals surface area (Å²) < 4.78 is 1.06. The van der Waals surface area contributed by atoms with Gasteiger partial charge >= 0.3 is 0 Å². The van der Waals surface area contributed by atoms with Crippen molar-refractivity contribution in [2.24, 2.45) is 0 Å². The smallest absolute Gasteiger partial charge is 0.243 e. The molecule has 0 fully saturated rings. The van der Waals surface area contributed by atoms with Gasteiger partial charge in [-0.3, -0.25) is 4.79 Å². The van der Waals surface area contributed by atoms with Crippen molar-refractivity contribution in [1.29, 1.82) is 0 Å². The van der Waals surface area contributed by atoms with Crippen LogP contribution < -0.4 is 10.6 Å². The predicted octanol–water partition coefficient (Wildman–Crippen LogP) is 4.12. The van der Waals surface area contributed by atoms with E-state index in [0.717, 1.165) is 27.0 Å². The maximum atomic E-state index is 11.9. The molecule has 0 bridgehead atoms. The van der Waals surface area contributed by atoms with Crippen molar-refractivity contribution in [2.75, 3.05) is 17.2 Å². The number of nitrogens with one attached hydrogen (secondary N) is 2. The minimum absolute atomic E-state index is 0.0557. The fraction of sp³-hybridized carbons (Fsp3) is 0.188. The molecule has 0 saturated heterocycles. The van der Waals surface area contributed by atoms with Gasteiger partial charge in [-0.05, 0) is 49.2 Å². The van der Waals surface area contributed by atoms with Gasteiger partial charge in [0.1, 0.15) is 0 Å². The maximum Gasteiger partial charge on any atom is 0.243 e. The van der Waals surface area contributed by atoms with Crippen LogP contribution in [0.4, 0.5) is 11.4 Å². The van der Waals surface area contributed by atoms with Crippen LogP contribution in [0.25, 0.3) is 0 Å². The summed E-state index contributed by atoms with van der Waals surface area (Å²) >= 11 is 3.45. The first kappa shape index (κ1) is 14.6. The van der Waals surface area contributed by atoms with Crippen molar-refractivity contribution in [2.45, 2.75) is 13.8 Å². The molecule has 0 aliphatic heterocycles. The lowest BCUT2D eigenvalue weighted by atomic mass is 10.2. The predicted molar refractivity (Wildman–Crippen MR) is 87.2 cm³/mol. The van der Waals surface area contributed by atoms with Crippen molar-refractivity contribution in [1.82, 2.24) is 0 Å². The van der Waals surface area contributed by atoms with Crippen molar-refractivity contribution in [3.63, 3.8) is 0 Å². The summed E-state index contributed by atoms with van der Waals surface area (Å²) in [6.07, 6.45) is 0. The van der Waals surface area contributed by atoms with E-state index in [0.29, 0.717) is 0 Å². The number of halogens is 1. The van der Waals surface area contributed by atoms with Crippen LogP contribution in [0.1, 0.15) is 11.1 Å². The average molecular weight is 333 g/mol. The molecule has 20 heavy (non-hydrogen) atoms. The largest absolute Gasteiger partial charge is 0.376 e. The van der Waals surface area contributed by atoms with Gasteiger partial charge in [0, 0.05) is 15.8 Å². The molecule has 0 aliphatic carbocycles. The summed E-state index contributed by atoms with van der Waals surface area (Å²) in [6, 6.07) is 13.7. The lowest BCUT2D eigenvalue weighted by molar-refractivity contribution is -0.114. The molecular formula is C16H17BrN2O. The van der Waals surface area contributed by atoms with Gasteiger partial charge in [0.15, 0.2) is 0 Å². The summed E-state index contributed by atoms with van der Waals surface area (Å²) in [6.45, 7) is 4.24. The van der Waals surface area contributed by atoms with E-state index in [4.69, 9.17) is 0 Å². The highest BCUT2D eigenvalue weighted by molar-refractivity contribution is 9.10. The second-order valence-electron chi connectivity index (χ2n) is 4.68. The van der Waals surface area contributed by atoms with Crippen LogP contribution in [0, 0.1) is 13.8 Å². The second-order valence-corrected chi connectivity index (χ2v) is 5.53. The average Bonchev–Trinajstić information content (AvgIpc) is 2.43. The second kappa shape index (κ2) is 6.57. The fourth-order valence-electron chi connectivity index (χ4n) is 1.84. The number of carbonyl (C=O) groups excluding carboxylic acids is 1. The van der Waals surface area contributed by atoms with Crippen LogP contribution in [0.15, 0.2) is 46.9 Å². The van der Waals surface area contributed by atoms with E-state index in [-0.39, 0.29) is 12.5 Å². The van der Waals surface area contributed by atoms with Crippen LogP contribution >= 0.6 is 15.9 Å². The monoisotopic (exact) mass is 332 g/mol. The molecule has 0 aromatic heterocycles. The molecular weight excluding hydrogens is 316 g/mol. The van der Waals surface area contributed by atoms with Gasteiger partial charge in [0.25, 0.3) is 0 Å². The molecule has 4 heteroatoms. The lowest BCUT2D eigenvalue weighted by Crippen LogP contribution is -2.22. The van der Waals surface area contributed by atoms with E-state index in [9.17, 15) is 4.79 Å². The molecule has 0 aliphatic rings. The molecule has 0 saturated carbocycles. The Morgan fingerprint density at radius 3 is 2.55 bits per heavy atom. The third-order valence-corrected chi connectivity index (χ3v) is 3.92. The minimum Gasteiger partial charge on any atom is -0.376 e. The van der Waals surface area contributed by atoms with Gasteiger partial charge in [-0.2, -0.15) is 0 Å². The molecule has 2 N–H and O–H groups in total. The van der Waals surface area contributed by atoms with E-state index in [1.54, 1.807) is 0 Å². The highest BCUT2D eigenvalue weighted by Gasteiger charge is 2.04. The Morgan fingerprint density at radius 2 is 1.85 bits per heavy atom. The molecule has 104 valence electrons. The topological polar surface area (TPSA) is 41.1 Å². The van der Waals surface area contributed by atoms with E-state index < -0.39 is 0 Å². The highest BCUT2D eigenvalue weighted by Crippen LogP contribution is 2.20. The first-order chi connectivity index (χ1) is 9.56. The Bertz CT molecular complexity index is 626. The van der Waals surface area contributed by atoms with Gasteiger partial charge in [-0.1, -0.05) is 34.1 Å². The molecule has 0 heterocycles. The van der Waals surface area contributed by atoms with E-state index in [1.165, 1.54) is 0 Å². The Labute approximate surface area is 127 Å². The molecule has 1 amide bonds. The highest BCUT2D eigenvalue weighted by atomic mass is 79.9. The zero-order valence-electron chi connectivity index (χ0n) is 11.5. The Morgan fingerprint density at radius 1 is 1.10 bits per heavy atom. The van der Waals surface area contributed by atoms with Crippen LogP contribution in [0.5, 0.6) is 0 Å². The minimum atomic E-state index is -0.0557. The van der Waals surface area contributed by atoms with Crippen molar-refractivity contribution in [3.05, 3.63) is 58.1 Å². The molecule has 2 rings (SSSR count). The number of benzene rings is 2. The molecule has 0 radical (unpaired) electrons. The summed E-state index contributed by atoms with van der Waals surface area (Å²) in [7, 11) is 0. The Balaban J connectivity index is 1.92. The van der Waals surface area contributed by atoms with Gasteiger partial charge < -0.3 is 10.6 Å². The summed E-state index contributed by atoms with van der Waals surface area (Å²) in [5, 5.41) is 6.02. The lowest BCUT2D eigenvalue weighted by Gasteiger charge is -2.10. The third kappa shape index (κ3) is 3.84. The molecule has 0 atom stereocenters. The third-order valence-electron chi connectivity index (χ3n) is 3.03. The van der Waals surface area contributed by atoms with Gasteiger partial charge in [-0.25, -0.2) is 0 Å². The summed E-state index contributed by atoms with van der Waals surface area (Å²) in [4.78, 5) is 11.9. The molecule has 2 aromatic rings. The van der Waals surface area contributed by atoms with E-state index >= 15 is 0 Å². The number of rotatable bonds is 4. The zero-order valence-corrected chi connectivity index (χ0v) is 13.1. The van der Waals surface area contributed by atoms with Crippen LogP contribution in [-0.2, 0) is 4.79 Å². The zero-order chi connectivity index (χ0) is 14.5. The van der Waals surface area contributed by atoms with Crippen molar-refractivity contribution in [3.8, 4) is 0 Å². The number of carbonyl (C=O) groups is 1. The fourth-order valence-corrected chi connectivity index (χ4v) is 2.09. The maximum absolute atomic E-state index is 11.9. The van der Waals surface area contributed by atoms with Crippen molar-refractivity contribution < 1.29 is 4.79 Å². The number of para-hydroxylation sites is 1. The Hall–Kier alpha value is -1.81. The summed E-state index contributed by atoms with van der Waals surface area (Å²) in [5.41, 5.74) is 3.98. The Kier molecular flexibility index (Phi) is 4.79. The molecule has 0 unspecified atom stereocenters. The standard InChI is InChI=1S/C16H17BrN2O/c1-11-5-3-4-6-15(11)19-16(20)10-18-13-7-8-14(17)12(2)9-13/h3-9,18H,10H2,1-2H3,(H,19,20). The van der Waals surface area contributed by atoms with Gasteiger partial charge in [0.2, 0.25) is 5.91 Å². The number of hydrogen-bond acceptors (Lipinski definition) is 2. The first-order valence-corrected chi connectivity index (χ1v) is 7.21. The number of anilines is 2. The number of aryl methyl sites for hydroxylation is 2. The van der Waals surface area contributed by atoms with E-state index in [2.05, 4.69) is 26.6 Å². The molecule has 0 spiro atoms. The molecule has 2 aromatic carbocycles.